The summed E-state index contributed by atoms with van der Waals surface area (Å²) in [5.74, 6) is -0.606. The standard InChI is InChI=1S/C23H20ClF4N7O2/c1-2-13(33-18-10-32-34-21(36)19(18)23(26,27)28)4-3-5-35-11-31-17-7-14(16(25)6-15(17)22(35)37)20-29-8-12(24)9-30-20/h6-11,13H,2-5H2,1H3,(H2,33,34,36). The maximum atomic E-state index is 14.8. The Hall–Kier alpha value is -3.87. The van der Waals surface area contributed by atoms with Crippen molar-refractivity contribution in [3.63, 3.8) is 0 Å². The maximum absolute atomic E-state index is 14.8. The quantitative estimate of drug-likeness (QED) is 0.319. The van der Waals surface area contributed by atoms with E-state index in [-0.39, 0.29) is 28.8 Å². The summed E-state index contributed by atoms with van der Waals surface area (Å²) < 4.78 is 56.0. The van der Waals surface area contributed by atoms with Crippen molar-refractivity contribution in [2.24, 2.45) is 0 Å². The highest BCUT2D eigenvalue weighted by Crippen LogP contribution is 2.32. The number of fused-ring (bicyclic) bond motifs is 1. The maximum Gasteiger partial charge on any atom is 0.423 e. The van der Waals surface area contributed by atoms with Crippen LogP contribution in [0.25, 0.3) is 22.3 Å². The smallest absolute Gasteiger partial charge is 0.380 e. The van der Waals surface area contributed by atoms with Crippen molar-refractivity contribution in [3.8, 4) is 11.4 Å². The number of benzene rings is 1. The zero-order valence-electron chi connectivity index (χ0n) is 19.3. The molecule has 1 atom stereocenters. The Labute approximate surface area is 211 Å². The molecule has 0 aliphatic rings. The number of nitrogens with one attached hydrogen (secondary N) is 2. The van der Waals surface area contributed by atoms with Gasteiger partial charge < -0.3 is 5.32 Å². The van der Waals surface area contributed by atoms with Crippen LogP contribution in [0.1, 0.15) is 31.7 Å². The summed E-state index contributed by atoms with van der Waals surface area (Å²) in [5, 5.41) is 8.33. The molecule has 14 heteroatoms. The van der Waals surface area contributed by atoms with Crippen molar-refractivity contribution >= 4 is 28.2 Å². The molecule has 3 aromatic heterocycles. The number of aromatic nitrogens is 6. The van der Waals surface area contributed by atoms with E-state index in [1.165, 1.54) is 29.4 Å². The molecule has 0 aliphatic heterocycles. The lowest BCUT2D eigenvalue weighted by atomic mass is 10.1. The largest absolute Gasteiger partial charge is 0.423 e. The molecule has 4 rings (SSSR count). The first kappa shape index (κ1) is 26.2. The van der Waals surface area contributed by atoms with E-state index in [4.69, 9.17) is 11.6 Å². The number of rotatable bonds is 8. The lowest BCUT2D eigenvalue weighted by molar-refractivity contribution is -0.138. The lowest BCUT2D eigenvalue weighted by Gasteiger charge is -2.20. The third-order valence-corrected chi connectivity index (χ3v) is 5.91. The fourth-order valence-electron chi connectivity index (χ4n) is 3.86. The van der Waals surface area contributed by atoms with Gasteiger partial charge in [-0.05, 0) is 31.4 Å². The minimum absolute atomic E-state index is 0.0623. The number of nitrogens with zero attached hydrogens (tertiary/aromatic N) is 5. The Bertz CT molecular complexity index is 1540. The summed E-state index contributed by atoms with van der Waals surface area (Å²) >= 11 is 5.77. The summed E-state index contributed by atoms with van der Waals surface area (Å²) in [4.78, 5) is 36.8. The van der Waals surface area contributed by atoms with Gasteiger partial charge >= 0.3 is 6.18 Å². The van der Waals surface area contributed by atoms with Gasteiger partial charge in [0.25, 0.3) is 11.1 Å². The molecular weight excluding hydrogens is 518 g/mol. The fraction of sp³-hybridized carbons (Fsp3) is 0.304. The number of H-pyrrole nitrogens is 1. The van der Waals surface area contributed by atoms with Crippen LogP contribution in [-0.2, 0) is 12.7 Å². The monoisotopic (exact) mass is 537 g/mol. The van der Waals surface area contributed by atoms with Crippen molar-refractivity contribution in [3.05, 3.63) is 74.2 Å². The second kappa shape index (κ2) is 10.6. The highest BCUT2D eigenvalue weighted by molar-refractivity contribution is 6.30. The van der Waals surface area contributed by atoms with Crippen LogP contribution in [0.4, 0.5) is 23.2 Å². The summed E-state index contributed by atoms with van der Waals surface area (Å²) in [7, 11) is 0. The number of hydrogen-bond acceptors (Lipinski definition) is 7. The number of hydrogen-bond donors (Lipinski definition) is 2. The Morgan fingerprint density at radius 1 is 1.14 bits per heavy atom. The van der Waals surface area contributed by atoms with Crippen LogP contribution in [0.3, 0.4) is 0 Å². The summed E-state index contributed by atoms with van der Waals surface area (Å²) in [6, 6.07) is 2.03. The SMILES string of the molecule is CCC(CCCn1cnc2cc(-c3ncc(Cl)cn3)c(F)cc2c1=O)Nc1cn[nH]c(=O)c1C(F)(F)F. The summed E-state index contributed by atoms with van der Waals surface area (Å²) in [5.41, 5.74) is -3.24. The molecule has 2 N–H and O–H groups in total. The van der Waals surface area contributed by atoms with E-state index in [2.05, 4.69) is 25.4 Å². The molecule has 0 radical (unpaired) electrons. The van der Waals surface area contributed by atoms with Gasteiger partial charge in [-0.2, -0.15) is 18.3 Å². The fourth-order valence-corrected chi connectivity index (χ4v) is 3.95. The molecule has 37 heavy (non-hydrogen) atoms. The Kier molecular flexibility index (Phi) is 7.52. The van der Waals surface area contributed by atoms with Crippen molar-refractivity contribution in [1.29, 1.82) is 0 Å². The van der Waals surface area contributed by atoms with Gasteiger partial charge in [-0.3, -0.25) is 14.2 Å². The van der Waals surface area contributed by atoms with E-state index >= 15 is 0 Å². The van der Waals surface area contributed by atoms with Gasteiger partial charge in [0.15, 0.2) is 5.82 Å². The number of aryl methyl sites for hydroxylation is 1. The lowest BCUT2D eigenvalue weighted by Crippen LogP contribution is -2.28. The first-order chi connectivity index (χ1) is 17.6. The molecule has 0 fully saturated rings. The molecule has 3 heterocycles. The van der Waals surface area contributed by atoms with Gasteiger partial charge in [0, 0.05) is 25.0 Å². The normalized spacial score (nSPS) is 12.6. The Morgan fingerprint density at radius 2 is 1.86 bits per heavy atom. The summed E-state index contributed by atoms with van der Waals surface area (Å²) in [6.45, 7) is 1.98. The highest BCUT2D eigenvalue weighted by Gasteiger charge is 2.37. The molecule has 0 bridgehead atoms. The first-order valence-corrected chi connectivity index (χ1v) is 11.5. The van der Waals surface area contributed by atoms with Gasteiger partial charge in [-0.1, -0.05) is 18.5 Å². The van der Waals surface area contributed by atoms with Crippen LogP contribution in [0.2, 0.25) is 5.02 Å². The van der Waals surface area contributed by atoms with Crippen molar-refractivity contribution in [1.82, 2.24) is 29.7 Å². The minimum Gasteiger partial charge on any atom is -0.380 e. The molecule has 194 valence electrons. The third kappa shape index (κ3) is 5.77. The summed E-state index contributed by atoms with van der Waals surface area (Å²) in [6.07, 6.45) is 1.28. The molecule has 1 unspecified atom stereocenters. The second-order valence-corrected chi connectivity index (χ2v) is 8.63. The molecule has 0 amide bonds. The molecule has 0 spiro atoms. The highest BCUT2D eigenvalue weighted by atomic mass is 35.5. The van der Waals surface area contributed by atoms with E-state index in [1.807, 2.05) is 0 Å². The van der Waals surface area contributed by atoms with Gasteiger partial charge in [-0.15, -0.1) is 0 Å². The van der Waals surface area contributed by atoms with Crippen molar-refractivity contribution < 1.29 is 17.6 Å². The molecule has 0 saturated heterocycles. The Morgan fingerprint density at radius 3 is 2.54 bits per heavy atom. The zero-order valence-corrected chi connectivity index (χ0v) is 20.1. The number of anilines is 1. The van der Waals surface area contributed by atoms with E-state index in [9.17, 15) is 27.2 Å². The van der Waals surface area contributed by atoms with E-state index in [1.54, 1.807) is 12.0 Å². The van der Waals surface area contributed by atoms with Crippen LogP contribution >= 0.6 is 11.6 Å². The third-order valence-electron chi connectivity index (χ3n) is 5.72. The van der Waals surface area contributed by atoms with E-state index in [0.29, 0.717) is 24.3 Å². The van der Waals surface area contributed by atoms with Crippen molar-refractivity contribution in [2.75, 3.05) is 5.32 Å². The average Bonchev–Trinajstić information content (AvgIpc) is 2.84. The van der Waals surface area contributed by atoms with Gasteiger partial charge in [-0.25, -0.2) is 24.4 Å². The topological polar surface area (TPSA) is 118 Å². The first-order valence-electron chi connectivity index (χ1n) is 11.2. The minimum atomic E-state index is -4.85. The number of halogens is 5. The van der Waals surface area contributed by atoms with Crippen LogP contribution in [0.5, 0.6) is 0 Å². The molecular formula is C23H20ClF4N7O2. The average molecular weight is 538 g/mol. The number of alkyl halides is 3. The molecule has 9 nitrogen and oxygen atoms in total. The molecule has 1 aromatic carbocycles. The van der Waals surface area contributed by atoms with Crippen LogP contribution in [0, 0.1) is 5.82 Å². The number of aromatic amines is 1. The molecule has 0 aliphatic carbocycles. The van der Waals surface area contributed by atoms with Gasteiger partial charge in [0.1, 0.15) is 11.4 Å². The van der Waals surface area contributed by atoms with E-state index in [0.717, 1.165) is 12.3 Å². The van der Waals surface area contributed by atoms with Crippen LogP contribution in [0.15, 0.2) is 46.6 Å². The zero-order chi connectivity index (χ0) is 26.7. The van der Waals surface area contributed by atoms with E-state index < -0.39 is 40.4 Å². The van der Waals surface area contributed by atoms with Crippen LogP contribution < -0.4 is 16.4 Å². The predicted octanol–water partition coefficient (Wildman–Crippen LogP) is 4.42. The van der Waals surface area contributed by atoms with Crippen LogP contribution in [-0.4, -0.2) is 35.8 Å². The molecule has 0 saturated carbocycles. The van der Waals surface area contributed by atoms with Gasteiger partial charge in [0.2, 0.25) is 0 Å². The Balaban J connectivity index is 1.49. The predicted molar refractivity (Wildman–Crippen MR) is 129 cm³/mol. The van der Waals surface area contributed by atoms with Crippen molar-refractivity contribution in [2.45, 2.75) is 44.9 Å². The second-order valence-electron chi connectivity index (χ2n) is 8.19. The molecule has 4 aromatic rings. The van der Waals surface area contributed by atoms with Gasteiger partial charge in [0.05, 0.1) is 39.7 Å².